The van der Waals surface area contributed by atoms with Crippen molar-refractivity contribution in [2.45, 2.75) is 31.1 Å². The third-order valence-electron chi connectivity index (χ3n) is 6.39. The number of fused-ring (bicyclic) bond motifs is 2. The van der Waals surface area contributed by atoms with Crippen molar-refractivity contribution in [1.29, 1.82) is 5.26 Å². The number of ketones is 1. The molecule has 1 aromatic heterocycles. The summed E-state index contributed by atoms with van der Waals surface area (Å²) in [5, 5.41) is 22.1. The quantitative estimate of drug-likeness (QED) is 0.0873. The molecule has 4 nitrogen and oxygen atoms in total. The maximum atomic E-state index is 10.0. The first-order valence-corrected chi connectivity index (χ1v) is 20.1. The Balaban J connectivity index is 0.000000492. The number of allylic oxidation sites excluding steroid dienone is 2. The van der Waals surface area contributed by atoms with Crippen LogP contribution in [0.4, 0.5) is 0 Å². The van der Waals surface area contributed by atoms with Crippen LogP contribution in [-0.2, 0) is 24.9 Å². The van der Waals surface area contributed by atoms with E-state index in [-0.39, 0.29) is 31.6 Å². The first-order chi connectivity index (χ1) is 18.6. The Hall–Kier alpha value is -3.56. The largest absolute Gasteiger partial charge is 0 e. The van der Waals surface area contributed by atoms with Crippen molar-refractivity contribution in [3.63, 3.8) is 0 Å². The molecule has 0 bridgehead atoms. The van der Waals surface area contributed by atoms with E-state index in [1.165, 1.54) is 35.4 Å². The monoisotopic (exact) mass is 766 g/mol. The molecule has 0 aliphatic rings. The second kappa shape index (κ2) is 13.2. The maximum absolute atomic E-state index is 10.0. The molecule has 0 unspecified atom stereocenters. The van der Waals surface area contributed by atoms with Crippen LogP contribution in [-0.4, -0.2) is 29.1 Å². The molecule has 1 heterocycles. The number of nitriles is 1. The van der Waals surface area contributed by atoms with Gasteiger partial charge in [0.05, 0.1) is 5.76 Å². The average molecular weight is 764 g/mol. The van der Waals surface area contributed by atoms with Gasteiger partial charge in [-0.1, -0.05) is 18.2 Å². The van der Waals surface area contributed by atoms with Crippen molar-refractivity contribution >= 4 is 45.0 Å². The minimum absolute atomic E-state index is 0. The molecule has 0 aliphatic heterocycles. The van der Waals surface area contributed by atoms with Crippen molar-refractivity contribution in [3.05, 3.63) is 109 Å². The van der Waals surface area contributed by atoms with Crippen LogP contribution in [0.25, 0.3) is 43.9 Å². The minimum atomic E-state index is -1.90. The summed E-state index contributed by atoms with van der Waals surface area (Å²) in [6.07, 6.45) is 3.01. The molecule has 203 valence electrons. The maximum Gasteiger partial charge on any atom is 0 e. The van der Waals surface area contributed by atoms with E-state index < -0.39 is 13.3 Å². The molecule has 0 aliphatic carbocycles. The molecule has 0 saturated heterocycles. The summed E-state index contributed by atoms with van der Waals surface area (Å²) in [5.41, 5.74) is 4.82. The number of rotatable bonds is 4. The number of aliphatic hydroxyl groups is 1. The summed E-state index contributed by atoms with van der Waals surface area (Å²) in [5.74, 6) is 7.21. The summed E-state index contributed by atoms with van der Waals surface area (Å²) in [4.78, 5) is 14.7. The van der Waals surface area contributed by atoms with Crippen molar-refractivity contribution < 1.29 is 30.0 Å². The van der Waals surface area contributed by atoms with Gasteiger partial charge < -0.3 is 5.11 Å². The summed E-state index contributed by atoms with van der Waals surface area (Å²) in [6, 6.07) is 33.2. The van der Waals surface area contributed by atoms with Crippen molar-refractivity contribution in [2.75, 3.05) is 0 Å². The molecule has 4 aromatic carbocycles. The van der Waals surface area contributed by atoms with Crippen LogP contribution in [0.5, 0.6) is 0 Å². The van der Waals surface area contributed by atoms with Crippen molar-refractivity contribution in [2.24, 2.45) is 0 Å². The van der Waals surface area contributed by atoms with Crippen LogP contribution in [0.15, 0.2) is 96.9 Å². The Kier molecular flexibility index (Phi) is 10.2. The SMILES string of the molecule is CC(=O)/C=C(/C)O.[CH3][Ge]([CH3])([CH3])[c]1cccc(-c2ccc3c(-c4[c-]c5ccccc5c(C#N)c4)nccc3c2)c1.[Ir]. The predicted molar refractivity (Wildman–Crippen MR) is 164 cm³/mol. The first-order valence-electron chi connectivity index (χ1n) is 12.8. The van der Waals surface area contributed by atoms with E-state index in [9.17, 15) is 10.1 Å². The molecule has 0 spiro atoms. The number of nitrogens with zero attached hydrogens (tertiary/aromatic N) is 2. The van der Waals surface area contributed by atoms with Gasteiger partial charge >= 0.3 is 168 Å². The van der Waals surface area contributed by atoms with E-state index >= 15 is 0 Å². The fraction of sp³-hybridized carbons (Fsp3) is 0.147. The van der Waals surface area contributed by atoms with E-state index in [0.29, 0.717) is 5.56 Å². The molecule has 6 heteroatoms. The Bertz CT molecular complexity index is 1760. The molecule has 0 fully saturated rings. The molecule has 0 saturated carbocycles. The summed E-state index contributed by atoms with van der Waals surface area (Å²) >= 11 is -1.90. The van der Waals surface area contributed by atoms with E-state index in [1.807, 2.05) is 36.5 Å². The van der Waals surface area contributed by atoms with Gasteiger partial charge in [0.1, 0.15) is 0 Å². The van der Waals surface area contributed by atoms with Gasteiger partial charge in [-0.05, 0) is 13.8 Å². The number of pyridine rings is 1. The van der Waals surface area contributed by atoms with Crippen LogP contribution in [0.3, 0.4) is 0 Å². The topological polar surface area (TPSA) is 74.0 Å². The van der Waals surface area contributed by atoms with Gasteiger partial charge in [-0.15, -0.1) is 0 Å². The van der Waals surface area contributed by atoms with Gasteiger partial charge in [0.15, 0.2) is 5.78 Å². The summed E-state index contributed by atoms with van der Waals surface area (Å²) < 4.78 is 1.51. The second-order valence-corrected chi connectivity index (χ2v) is 21.2. The van der Waals surface area contributed by atoms with Crippen molar-refractivity contribution in [1.82, 2.24) is 4.98 Å². The molecule has 1 radical (unpaired) electrons. The Morgan fingerprint density at radius 3 is 2.30 bits per heavy atom. The third kappa shape index (κ3) is 7.34. The molecule has 5 rings (SSSR count). The van der Waals surface area contributed by atoms with E-state index in [4.69, 9.17) is 5.11 Å². The molecule has 0 atom stereocenters. The number of carbonyl (C=O) groups is 1. The second-order valence-electron chi connectivity index (χ2n) is 10.6. The first kappa shape index (κ1) is 31.0. The van der Waals surface area contributed by atoms with E-state index in [2.05, 4.69) is 82.9 Å². The number of carbonyl (C=O) groups excluding carboxylic acids is 1. The van der Waals surface area contributed by atoms with Gasteiger partial charge in [-0.2, -0.15) is 5.26 Å². The molecular formula is C34H31GeIrN2O2-. The number of aromatic nitrogens is 1. The zero-order valence-electron chi connectivity index (χ0n) is 23.2. The van der Waals surface area contributed by atoms with Gasteiger partial charge in [-0.25, -0.2) is 0 Å². The number of hydrogen-bond acceptors (Lipinski definition) is 4. The van der Waals surface area contributed by atoms with E-state index in [1.54, 1.807) is 0 Å². The molecular weight excluding hydrogens is 733 g/mol. The number of benzene rings is 4. The van der Waals surface area contributed by atoms with Crippen LogP contribution >= 0.6 is 0 Å². The number of hydrogen-bond donors (Lipinski definition) is 1. The predicted octanol–water partition coefficient (Wildman–Crippen LogP) is 7.97. The fourth-order valence-electron chi connectivity index (χ4n) is 4.48. The van der Waals surface area contributed by atoms with Gasteiger partial charge in [0.2, 0.25) is 0 Å². The van der Waals surface area contributed by atoms with Gasteiger partial charge in [0, 0.05) is 26.2 Å². The molecule has 0 amide bonds. The zero-order chi connectivity index (χ0) is 28.2. The van der Waals surface area contributed by atoms with Crippen LogP contribution < -0.4 is 4.40 Å². The van der Waals surface area contributed by atoms with Crippen LogP contribution in [0, 0.1) is 17.4 Å². The zero-order valence-corrected chi connectivity index (χ0v) is 27.7. The summed E-state index contributed by atoms with van der Waals surface area (Å²) in [7, 11) is 0. The summed E-state index contributed by atoms with van der Waals surface area (Å²) in [6.45, 7) is 2.85. The Morgan fingerprint density at radius 1 is 0.925 bits per heavy atom. The average Bonchev–Trinajstić information content (AvgIpc) is 2.91. The number of aliphatic hydroxyl groups excluding tert-OH is 1. The third-order valence-corrected chi connectivity index (χ3v) is 10.7. The Morgan fingerprint density at radius 2 is 1.65 bits per heavy atom. The molecule has 5 aromatic rings. The van der Waals surface area contributed by atoms with Crippen LogP contribution in [0.1, 0.15) is 19.4 Å². The van der Waals surface area contributed by atoms with Gasteiger partial charge in [0.25, 0.3) is 0 Å². The standard InChI is InChI=1S/C29H23GeN2.C5H8O2.Ir/c1-30(2,3)26-9-6-8-20(18-26)21-11-12-28-23(15-21)13-14-32-29(28)24-16-22-7-4-5-10-27(22)25(17-24)19-31;1-4(6)3-5(2)7;/h4-15,17-18H,1-3H3;3,6H,1-2H3;/q-1;;/b;4-3-;. The molecule has 1 N–H and O–H groups in total. The van der Waals surface area contributed by atoms with E-state index in [0.717, 1.165) is 32.8 Å². The Labute approximate surface area is 252 Å². The van der Waals surface area contributed by atoms with Crippen LogP contribution in [0.2, 0.25) is 17.3 Å². The van der Waals surface area contributed by atoms with Gasteiger partial charge in [-0.3, -0.25) is 4.79 Å². The van der Waals surface area contributed by atoms with Crippen molar-refractivity contribution in [3.8, 4) is 28.5 Å². The normalized spacial score (nSPS) is 11.2. The molecule has 40 heavy (non-hydrogen) atoms. The smallest absolute Gasteiger partial charge is 0 e. The minimum Gasteiger partial charge on any atom is 0 e. The fourth-order valence-corrected chi connectivity index (χ4v) is 6.97.